The lowest BCUT2D eigenvalue weighted by Crippen LogP contribution is -2.42. The summed E-state index contributed by atoms with van der Waals surface area (Å²) < 4.78 is 12.0. The topological polar surface area (TPSA) is 81.0 Å². The lowest BCUT2D eigenvalue weighted by molar-refractivity contribution is -0.149. The molecule has 1 atom stereocenters. The lowest BCUT2D eigenvalue weighted by atomic mass is 9.91. The summed E-state index contributed by atoms with van der Waals surface area (Å²) in [6.45, 7) is 5.95. The molecule has 1 aliphatic rings. The van der Waals surface area contributed by atoms with Crippen molar-refractivity contribution in [2.75, 3.05) is 33.4 Å². The molecule has 0 radical (unpaired) electrons. The molecule has 32 heavy (non-hydrogen) atoms. The molecule has 0 amide bonds. The van der Waals surface area contributed by atoms with E-state index in [-0.39, 0.29) is 23.2 Å². The molecule has 0 aliphatic carbocycles. The molecule has 0 spiro atoms. The first kappa shape index (κ1) is 24.3. The van der Waals surface area contributed by atoms with Crippen molar-refractivity contribution in [3.63, 3.8) is 0 Å². The average Bonchev–Trinajstić information content (AvgIpc) is 2.77. The standard InChI is InChI=1S/C24H31ClN2O5/c1-4-32-24(30)18-9-11-26(12-10-18)22(17-5-7-19(25)8-6-17)21-20(28)15-16(2)27(23(21)29)13-14-31-3/h5-8,15,18,22,28H,4,9-14H2,1-3H3/t22-/m0/s1. The first-order valence-corrected chi connectivity index (χ1v) is 11.3. The Kier molecular flexibility index (Phi) is 8.34. The van der Waals surface area contributed by atoms with Gasteiger partial charge in [0.2, 0.25) is 0 Å². The highest BCUT2D eigenvalue weighted by atomic mass is 35.5. The number of carbonyl (C=O) groups excluding carboxylic acids is 1. The number of methoxy groups -OCH3 is 1. The van der Waals surface area contributed by atoms with Gasteiger partial charge in [0.05, 0.1) is 30.7 Å². The number of piperidine rings is 1. The van der Waals surface area contributed by atoms with Gasteiger partial charge in [0.15, 0.2) is 0 Å². The average molecular weight is 463 g/mol. The minimum atomic E-state index is -0.461. The van der Waals surface area contributed by atoms with Crippen LogP contribution in [0.15, 0.2) is 35.1 Å². The van der Waals surface area contributed by atoms with Gasteiger partial charge in [-0.2, -0.15) is 0 Å². The van der Waals surface area contributed by atoms with Gasteiger partial charge in [-0.3, -0.25) is 14.5 Å². The van der Waals surface area contributed by atoms with Gasteiger partial charge in [-0.15, -0.1) is 0 Å². The molecule has 3 rings (SSSR count). The third-order valence-electron chi connectivity index (χ3n) is 6.02. The number of hydrogen-bond donors (Lipinski definition) is 1. The number of pyridine rings is 1. The Balaban J connectivity index is 2.01. The number of aryl methyl sites for hydroxylation is 1. The summed E-state index contributed by atoms with van der Waals surface area (Å²) in [5, 5.41) is 11.5. The zero-order chi connectivity index (χ0) is 23.3. The first-order valence-electron chi connectivity index (χ1n) is 11.0. The van der Waals surface area contributed by atoms with E-state index in [2.05, 4.69) is 4.90 Å². The number of esters is 1. The molecule has 0 bridgehead atoms. The second kappa shape index (κ2) is 11.0. The van der Waals surface area contributed by atoms with E-state index in [9.17, 15) is 14.7 Å². The van der Waals surface area contributed by atoms with Crippen molar-refractivity contribution >= 4 is 17.6 Å². The van der Waals surface area contributed by atoms with Gasteiger partial charge in [-0.25, -0.2) is 0 Å². The van der Waals surface area contributed by atoms with Crippen LogP contribution in [-0.4, -0.2) is 54.0 Å². The highest BCUT2D eigenvalue weighted by molar-refractivity contribution is 6.30. The van der Waals surface area contributed by atoms with Crippen LogP contribution in [0, 0.1) is 12.8 Å². The van der Waals surface area contributed by atoms with Gasteiger partial charge in [0, 0.05) is 24.4 Å². The number of aromatic nitrogens is 1. The number of nitrogens with zero attached hydrogens (tertiary/aromatic N) is 2. The fourth-order valence-electron chi connectivity index (χ4n) is 4.34. The van der Waals surface area contributed by atoms with E-state index < -0.39 is 6.04 Å². The molecule has 2 aromatic rings. The number of benzene rings is 1. The highest BCUT2D eigenvalue weighted by Gasteiger charge is 2.34. The van der Waals surface area contributed by atoms with Gasteiger partial charge in [-0.05, 0) is 63.5 Å². The Labute approximate surface area is 193 Å². The van der Waals surface area contributed by atoms with E-state index in [1.54, 1.807) is 43.7 Å². The smallest absolute Gasteiger partial charge is 0.309 e. The van der Waals surface area contributed by atoms with Crippen LogP contribution >= 0.6 is 11.6 Å². The zero-order valence-corrected chi connectivity index (χ0v) is 19.6. The fraction of sp³-hybridized carbons (Fsp3) is 0.500. The molecule has 174 valence electrons. The van der Waals surface area contributed by atoms with E-state index in [0.717, 1.165) is 5.56 Å². The van der Waals surface area contributed by atoms with Crippen molar-refractivity contribution in [2.45, 2.75) is 39.3 Å². The number of carbonyl (C=O) groups is 1. The van der Waals surface area contributed by atoms with Crippen LogP contribution in [0.1, 0.15) is 42.6 Å². The second-order valence-corrected chi connectivity index (χ2v) is 8.49. The minimum absolute atomic E-state index is 0.0337. The molecule has 2 heterocycles. The molecule has 0 unspecified atom stereocenters. The highest BCUT2D eigenvalue weighted by Crippen LogP contribution is 2.36. The Hall–Kier alpha value is -2.35. The van der Waals surface area contributed by atoms with Crippen molar-refractivity contribution in [1.29, 1.82) is 0 Å². The predicted molar refractivity (Wildman–Crippen MR) is 123 cm³/mol. The summed E-state index contributed by atoms with van der Waals surface area (Å²) in [6, 6.07) is 8.48. The number of hydrogen-bond acceptors (Lipinski definition) is 6. The molecular formula is C24H31ClN2O5. The van der Waals surface area contributed by atoms with E-state index in [1.807, 2.05) is 12.1 Å². The number of aromatic hydroxyl groups is 1. The third kappa shape index (κ3) is 5.34. The van der Waals surface area contributed by atoms with E-state index in [0.29, 0.717) is 62.0 Å². The van der Waals surface area contributed by atoms with Crippen LogP contribution in [-0.2, 0) is 20.8 Å². The summed E-state index contributed by atoms with van der Waals surface area (Å²) in [7, 11) is 1.59. The van der Waals surface area contributed by atoms with Crippen LogP contribution in [0.5, 0.6) is 5.75 Å². The maximum absolute atomic E-state index is 13.5. The number of rotatable bonds is 8. The molecule has 1 saturated heterocycles. The van der Waals surface area contributed by atoms with Crippen LogP contribution in [0.25, 0.3) is 0 Å². The summed E-state index contributed by atoms with van der Waals surface area (Å²) in [4.78, 5) is 27.8. The Bertz CT molecular complexity index is 981. The second-order valence-electron chi connectivity index (χ2n) is 8.05. The minimum Gasteiger partial charge on any atom is -0.507 e. The van der Waals surface area contributed by atoms with Crippen molar-refractivity contribution in [2.24, 2.45) is 5.92 Å². The monoisotopic (exact) mass is 462 g/mol. The summed E-state index contributed by atoms with van der Waals surface area (Å²) in [5.41, 5.74) is 1.61. The molecule has 1 N–H and O–H groups in total. The summed E-state index contributed by atoms with van der Waals surface area (Å²) in [5.74, 6) is -0.356. The van der Waals surface area contributed by atoms with Gasteiger partial charge in [-0.1, -0.05) is 23.7 Å². The van der Waals surface area contributed by atoms with Crippen LogP contribution < -0.4 is 5.56 Å². The van der Waals surface area contributed by atoms with Crippen LogP contribution in [0.2, 0.25) is 5.02 Å². The Morgan fingerprint density at radius 1 is 1.25 bits per heavy atom. The maximum Gasteiger partial charge on any atom is 0.309 e. The van der Waals surface area contributed by atoms with Crippen molar-refractivity contribution in [1.82, 2.24) is 9.47 Å². The molecule has 1 aliphatic heterocycles. The third-order valence-corrected chi connectivity index (χ3v) is 6.27. The molecule has 1 fully saturated rings. The molecular weight excluding hydrogens is 432 g/mol. The zero-order valence-electron chi connectivity index (χ0n) is 18.8. The normalized spacial score (nSPS) is 16.1. The molecule has 8 heteroatoms. The number of halogens is 1. The van der Waals surface area contributed by atoms with Gasteiger partial charge < -0.3 is 19.1 Å². The lowest BCUT2D eigenvalue weighted by Gasteiger charge is -2.37. The van der Waals surface area contributed by atoms with Gasteiger partial charge in [0.25, 0.3) is 5.56 Å². The summed E-state index contributed by atoms with van der Waals surface area (Å²) in [6.07, 6.45) is 1.26. The Morgan fingerprint density at radius 3 is 2.50 bits per heavy atom. The molecule has 1 aromatic heterocycles. The number of ether oxygens (including phenoxy) is 2. The number of likely N-dealkylation sites (tertiary alicyclic amines) is 1. The molecule has 7 nitrogen and oxygen atoms in total. The van der Waals surface area contributed by atoms with E-state index >= 15 is 0 Å². The van der Waals surface area contributed by atoms with Crippen LogP contribution in [0.4, 0.5) is 0 Å². The molecule has 0 saturated carbocycles. The summed E-state index contributed by atoms with van der Waals surface area (Å²) >= 11 is 6.10. The molecule has 1 aromatic carbocycles. The SMILES string of the molecule is CCOC(=O)C1CCN([C@@H](c2ccc(Cl)cc2)c2c(O)cc(C)n(CCOC)c2=O)CC1. The van der Waals surface area contributed by atoms with Crippen molar-refractivity contribution in [3.8, 4) is 5.75 Å². The first-order chi connectivity index (χ1) is 15.4. The van der Waals surface area contributed by atoms with Gasteiger partial charge in [0.1, 0.15) is 5.75 Å². The Morgan fingerprint density at radius 2 is 1.91 bits per heavy atom. The van der Waals surface area contributed by atoms with E-state index in [1.165, 1.54) is 0 Å². The van der Waals surface area contributed by atoms with Crippen molar-refractivity contribution in [3.05, 3.63) is 62.5 Å². The van der Waals surface area contributed by atoms with Crippen LogP contribution in [0.3, 0.4) is 0 Å². The van der Waals surface area contributed by atoms with Gasteiger partial charge >= 0.3 is 5.97 Å². The fourth-order valence-corrected chi connectivity index (χ4v) is 4.47. The van der Waals surface area contributed by atoms with Crippen molar-refractivity contribution < 1.29 is 19.4 Å². The maximum atomic E-state index is 13.5. The quantitative estimate of drug-likeness (QED) is 0.604. The predicted octanol–water partition coefficient (Wildman–Crippen LogP) is 3.53. The largest absolute Gasteiger partial charge is 0.507 e. The van der Waals surface area contributed by atoms with E-state index in [4.69, 9.17) is 21.1 Å².